The van der Waals surface area contributed by atoms with Crippen LogP contribution in [0.2, 0.25) is 0 Å². The molecule has 0 fully saturated rings. The van der Waals surface area contributed by atoms with Crippen molar-refractivity contribution in [2.24, 2.45) is 5.73 Å². The lowest BCUT2D eigenvalue weighted by molar-refractivity contribution is 0.494. The molecule has 0 aliphatic rings. The Morgan fingerprint density at radius 3 is 2.57 bits per heavy atom. The van der Waals surface area contributed by atoms with Crippen molar-refractivity contribution in [3.63, 3.8) is 0 Å². The van der Waals surface area contributed by atoms with E-state index in [1.165, 1.54) is 6.07 Å². The lowest BCUT2D eigenvalue weighted by Gasteiger charge is -2.13. The summed E-state index contributed by atoms with van der Waals surface area (Å²) in [4.78, 5) is 8.39. The summed E-state index contributed by atoms with van der Waals surface area (Å²) < 4.78 is 26.9. The number of nitrogens with two attached hydrogens (primary N) is 1. The van der Waals surface area contributed by atoms with Gasteiger partial charge < -0.3 is 5.73 Å². The van der Waals surface area contributed by atoms with E-state index in [1.54, 1.807) is 18.5 Å². The molecule has 0 aliphatic heterocycles. The normalized spacial score (nSPS) is 12.5. The average molecular weight is 285 g/mol. The van der Waals surface area contributed by atoms with Crippen molar-refractivity contribution in [2.75, 3.05) is 0 Å². The maximum absolute atomic E-state index is 13.7. The lowest BCUT2D eigenvalue weighted by Crippen LogP contribution is -2.14. The first-order valence-electron chi connectivity index (χ1n) is 6.54. The van der Waals surface area contributed by atoms with Crippen molar-refractivity contribution in [1.82, 2.24) is 9.97 Å². The quantitative estimate of drug-likeness (QED) is 0.804. The maximum Gasteiger partial charge on any atom is 0.162 e. The second-order valence-electron chi connectivity index (χ2n) is 4.83. The Morgan fingerprint density at radius 1 is 1.00 bits per heavy atom. The average Bonchev–Trinajstić information content (AvgIpc) is 2.51. The molecule has 0 radical (unpaired) electrons. The Bertz CT molecular complexity index is 789. The highest BCUT2D eigenvalue weighted by atomic mass is 19.2. The van der Waals surface area contributed by atoms with Crippen LogP contribution in [0.3, 0.4) is 0 Å². The van der Waals surface area contributed by atoms with E-state index in [4.69, 9.17) is 5.73 Å². The molecule has 3 rings (SSSR count). The van der Waals surface area contributed by atoms with Crippen LogP contribution in [0, 0.1) is 11.6 Å². The Balaban J connectivity index is 1.89. The van der Waals surface area contributed by atoms with E-state index >= 15 is 0 Å². The second-order valence-corrected chi connectivity index (χ2v) is 4.83. The first-order valence-corrected chi connectivity index (χ1v) is 6.54. The van der Waals surface area contributed by atoms with Gasteiger partial charge in [-0.3, -0.25) is 9.97 Å². The van der Waals surface area contributed by atoms with E-state index in [9.17, 15) is 8.78 Å². The molecule has 0 saturated heterocycles. The van der Waals surface area contributed by atoms with Crippen molar-refractivity contribution < 1.29 is 8.78 Å². The van der Waals surface area contributed by atoms with Crippen LogP contribution in [0.5, 0.6) is 0 Å². The number of fused-ring (bicyclic) bond motifs is 1. The van der Waals surface area contributed by atoms with Crippen molar-refractivity contribution in [1.29, 1.82) is 0 Å². The van der Waals surface area contributed by atoms with Gasteiger partial charge in [0.05, 0.1) is 11.0 Å². The predicted octanol–water partition coefficient (Wildman–Crippen LogP) is 3.15. The highest BCUT2D eigenvalue weighted by Crippen LogP contribution is 2.21. The van der Waals surface area contributed by atoms with Crippen LogP contribution in [0.15, 0.2) is 48.8 Å². The minimum Gasteiger partial charge on any atom is -0.324 e. The minimum absolute atomic E-state index is 0.218. The number of benzene rings is 2. The molecular weight excluding hydrogens is 272 g/mol. The smallest absolute Gasteiger partial charge is 0.162 e. The highest BCUT2D eigenvalue weighted by Gasteiger charge is 2.13. The van der Waals surface area contributed by atoms with Gasteiger partial charge in [-0.25, -0.2) is 8.78 Å². The van der Waals surface area contributed by atoms with E-state index in [0.29, 0.717) is 0 Å². The molecule has 1 heterocycles. The van der Waals surface area contributed by atoms with Gasteiger partial charge in [-0.2, -0.15) is 0 Å². The van der Waals surface area contributed by atoms with Gasteiger partial charge in [0.2, 0.25) is 0 Å². The number of hydrogen-bond acceptors (Lipinski definition) is 3. The molecule has 3 aromatic rings. The largest absolute Gasteiger partial charge is 0.324 e. The third-order valence-electron chi connectivity index (χ3n) is 3.39. The Morgan fingerprint density at radius 2 is 1.76 bits per heavy atom. The molecule has 1 atom stereocenters. The Kier molecular flexibility index (Phi) is 3.58. The number of rotatable bonds is 3. The van der Waals surface area contributed by atoms with Crippen LogP contribution < -0.4 is 5.73 Å². The third-order valence-corrected chi connectivity index (χ3v) is 3.39. The first kappa shape index (κ1) is 13.6. The number of halogens is 2. The van der Waals surface area contributed by atoms with E-state index < -0.39 is 17.7 Å². The van der Waals surface area contributed by atoms with Gasteiger partial charge in [0.1, 0.15) is 0 Å². The van der Waals surface area contributed by atoms with Gasteiger partial charge in [0.15, 0.2) is 11.6 Å². The van der Waals surface area contributed by atoms with Gasteiger partial charge in [0.25, 0.3) is 0 Å². The van der Waals surface area contributed by atoms with E-state index in [1.807, 2.05) is 18.2 Å². The molecular formula is C16H13F2N3. The molecule has 0 spiro atoms. The molecule has 0 aliphatic carbocycles. The van der Waals surface area contributed by atoms with Gasteiger partial charge in [-0.1, -0.05) is 18.2 Å². The third kappa shape index (κ3) is 2.73. The summed E-state index contributed by atoms with van der Waals surface area (Å²) in [6.07, 6.45) is 3.43. The zero-order chi connectivity index (χ0) is 14.8. The molecule has 106 valence electrons. The van der Waals surface area contributed by atoms with Crippen molar-refractivity contribution in [2.45, 2.75) is 12.5 Å². The molecule has 1 aromatic heterocycles. The Labute approximate surface area is 120 Å². The maximum atomic E-state index is 13.7. The second kappa shape index (κ2) is 5.54. The van der Waals surface area contributed by atoms with Crippen LogP contribution in [0.1, 0.15) is 17.2 Å². The summed E-state index contributed by atoms with van der Waals surface area (Å²) in [6, 6.07) is 9.15. The molecule has 21 heavy (non-hydrogen) atoms. The molecule has 2 N–H and O–H groups in total. The van der Waals surface area contributed by atoms with Crippen molar-refractivity contribution >= 4 is 11.0 Å². The lowest BCUT2D eigenvalue weighted by atomic mass is 9.99. The highest BCUT2D eigenvalue weighted by molar-refractivity contribution is 5.74. The minimum atomic E-state index is -0.857. The van der Waals surface area contributed by atoms with E-state index in [2.05, 4.69) is 9.97 Å². The first-order chi connectivity index (χ1) is 10.1. The molecule has 5 heteroatoms. The van der Waals surface area contributed by atoms with Crippen molar-refractivity contribution in [3.8, 4) is 0 Å². The van der Waals surface area contributed by atoms with Crippen LogP contribution in [0.25, 0.3) is 11.0 Å². The molecule has 0 bridgehead atoms. The van der Waals surface area contributed by atoms with Crippen LogP contribution in [-0.4, -0.2) is 9.97 Å². The summed E-state index contributed by atoms with van der Waals surface area (Å²) in [5, 5.41) is 0. The molecule has 0 saturated carbocycles. The zero-order valence-corrected chi connectivity index (χ0v) is 11.1. The van der Waals surface area contributed by atoms with Gasteiger partial charge >= 0.3 is 0 Å². The summed E-state index contributed by atoms with van der Waals surface area (Å²) in [6.45, 7) is 0. The van der Waals surface area contributed by atoms with E-state index in [0.717, 1.165) is 22.7 Å². The van der Waals surface area contributed by atoms with Gasteiger partial charge in [-0.15, -0.1) is 0 Å². The van der Waals surface area contributed by atoms with Crippen molar-refractivity contribution in [3.05, 3.63) is 71.6 Å². The number of aromatic nitrogens is 2. The SMILES string of the molecule is NC(Cc1cccc(F)c1F)c1ccc2nccnc2c1. The summed E-state index contributed by atoms with van der Waals surface area (Å²) in [7, 11) is 0. The van der Waals surface area contributed by atoms with Crippen LogP contribution in [0.4, 0.5) is 8.78 Å². The molecule has 1 unspecified atom stereocenters. The molecule has 3 nitrogen and oxygen atoms in total. The van der Waals surface area contributed by atoms with Gasteiger partial charge in [0, 0.05) is 18.4 Å². The fraction of sp³-hybridized carbons (Fsp3) is 0.125. The summed E-state index contributed by atoms with van der Waals surface area (Å²) in [5.74, 6) is -1.70. The summed E-state index contributed by atoms with van der Waals surface area (Å²) >= 11 is 0. The summed E-state index contributed by atoms with van der Waals surface area (Å²) in [5.41, 5.74) is 8.67. The monoisotopic (exact) mass is 285 g/mol. The standard InChI is InChI=1S/C16H13F2N3/c17-12-3-1-2-11(16(12)18)8-13(19)10-4-5-14-15(9-10)21-7-6-20-14/h1-7,9,13H,8,19H2. The van der Waals surface area contributed by atoms with Crippen LogP contribution in [-0.2, 0) is 6.42 Å². The predicted molar refractivity (Wildman–Crippen MR) is 76.5 cm³/mol. The Hall–Kier alpha value is -2.40. The fourth-order valence-corrected chi connectivity index (χ4v) is 2.27. The molecule has 0 amide bonds. The fourth-order valence-electron chi connectivity index (χ4n) is 2.27. The van der Waals surface area contributed by atoms with E-state index in [-0.39, 0.29) is 12.0 Å². The molecule has 2 aromatic carbocycles. The van der Waals surface area contributed by atoms with Crippen LogP contribution >= 0.6 is 0 Å². The number of hydrogen-bond donors (Lipinski definition) is 1. The number of nitrogens with zero attached hydrogens (tertiary/aromatic N) is 2. The van der Waals surface area contributed by atoms with Gasteiger partial charge in [-0.05, 0) is 35.7 Å². The zero-order valence-electron chi connectivity index (χ0n) is 11.1. The topological polar surface area (TPSA) is 51.8 Å².